The maximum atomic E-state index is 12.2. The molecular weight excluding hydrogens is 252 g/mol. The number of amides is 1. The molecule has 1 aliphatic rings. The number of carbonyl (C=O) groups excluding carboxylic acids is 1. The largest absolute Gasteiger partial charge is 0.381 e. The molecule has 5 heteroatoms. The van der Waals surface area contributed by atoms with Gasteiger partial charge in [-0.05, 0) is 32.1 Å². The number of halogens is 1. The van der Waals surface area contributed by atoms with Crippen LogP contribution in [0, 0.1) is 5.92 Å². The van der Waals surface area contributed by atoms with E-state index in [1.165, 1.54) is 0 Å². The van der Waals surface area contributed by atoms with Gasteiger partial charge in [0.15, 0.2) is 0 Å². The topological polar surface area (TPSA) is 55.6 Å². The number of rotatable bonds is 5. The van der Waals surface area contributed by atoms with Crippen molar-refractivity contribution in [2.45, 2.75) is 45.1 Å². The number of carbonyl (C=O) groups is 1. The minimum absolute atomic E-state index is 0. The lowest BCUT2D eigenvalue weighted by atomic mass is 9.94. The second-order valence-electron chi connectivity index (χ2n) is 5.44. The summed E-state index contributed by atoms with van der Waals surface area (Å²) in [5.41, 5.74) is 5.33. The number of nitrogens with two attached hydrogens (primary N) is 1. The van der Waals surface area contributed by atoms with Gasteiger partial charge in [-0.15, -0.1) is 12.4 Å². The van der Waals surface area contributed by atoms with Gasteiger partial charge >= 0.3 is 0 Å². The molecule has 1 heterocycles. The Morgan fingerprint density at radius 1 is 1.56 bits per heavy atom. The number of likely N-dealkylation sites (N-methyl/N-ethyl adjacent to an activating group) is 1. The van der Waals surface area contributed by atoms with Gasteiger partial charge in [-0.1, -0.05) is 13.3 Å². The molecular formula is C13H27ClN2O2. The average Bonchev–Trinajstić information content (AvgIpc) is 2.29. The third kappa shape index (κ3) is 5.12. The standard InChI is InChI=1S/C13H26N2O2.ClH/c1-4-7-13(2,14)12(16)15(3)9-11-6-5-8-17-10-11;/h11H,4-10,14H2,1-3H3;1H. The number of hydrogen-bond acceptors (Lipinski definition) is 3. The van der Waals surface area contributed by atoms with E-state index in [4.69, 9.17) is 10.5 Å². The van der Waals surface area contributed by atoms with Crippen LogP contribution < -0.4 is 5.73 Å². The third-order valence-corrected chi connectivity index (χ3v) is 3.39. The third-order valence-electron chi connectivity index (χ3n) is 3.39. The van der Waals surface area contributed by atoms with E-state index < -0.39 is 5.54 Å². The molecule has 0 bridgehead atoms. The first-order chi connectivity index (χ1) is 7.97. The molecule has 1 rings (SSSR count). The molecule has 1 fully saturated rings. The molecule has 2 unspecified atom stereocenters. The van der Waals surface area contributed by atoms with Crippen LogP contribution in [0.2, 0.25) is 0 Å². The summed E-state index contributed by atoms with van der Waals surface area (Å²) >= 11 is 0. The monoisotopic (exact) mass is 278 g/mol. The van der Waals surface area contributed by atoms with Crippen molar-refractivity contribution in [3.05, 3.63) is 0 Å². The Labute approximate surface area is 117 Å². The summed E-state index contributed by atoms with van der Waals surface area (Å²) in [5, 5.41) is 0. The molecule has 18 heavy (non-hydrogen) atoms. The van der Waals surface area contributed by atoms with Crippen LogP contribution in [-0.4, -0.2) is 43.2 Å². The van der Waals surface area contributed by atoms with E-state index in [1.54, 1.807) is 4.90 Å². The van der Waals surface area contributed by atoms with Gasteiger partial charge in [0, 0.05) is 20.2 Å². The van der Waals surface area contributed by atoms with Gasteiger partial charge in [0.2, 0.25) is 5.91 Å². The highest BCUT2D eigenvalue weighted by molar-refractivity contribution is 5.85. The van der Waals surface area contributed by atoms with Crippen LogP contribution in [0.25, 0.3) is 0 Å². The Morgan fingerprint density at radius 2 is 2.22 bits per heavy atom. The highest BCUT2D eigenvalue weighted by Crippen LogP contribution is 2.17. The average molecular weight is 279 g/mol. The smallest absolute Gasteiger partial charge is 0.242 e. The number of ether oxygens (including phenoxy) is 1. The molecule has 108 valence electrons. The predicted molar refractivity (Wildman–Crippen MR) is 75.9 cm³/mol. The molecule has 1 saturated heterocycles. The van der Waals surface area contributed by atoms with Gasteiger partial charge in [-0.2, -0.15) is 0 Å². The second-order valence-corrected chi connectivity index (χ2v) is 5.44. The SMILES string of the molecule is CCCC(C)(N)C(=O)N(C)CC1CCCOC1.Cl. The Bertz CT molecular complexity index is 253. The van der Waals surface area contributed by atoms with E-state index >= 15 is 0 Å². The zero-order valence-corrected chi connectivity index (χ0v) is 12.6. The highest BCUT2D eigenvalue weighted by atomic mass is 35.5. The van der Waals surface area contributed by atoms with E-state index in [1.807, 2.05) is 20.9 Å². The van der Waals surface area contributed by atoms with Crippen molar-refractivity contribution in [1.82, 2.24) is 4.90 Å². The van der Waals surface area contributed by atoms with E-state index in [-0.39, 0.29) is 18.3 Å². The molecule has 0 radical (unpaired) electrons. The summed E-state index contributed by atoms with van der Waals surface area (Å²) < 4.78 is 5.43. The molecule has 0 spiro atoms. The van der Waals surface area contributed by atoms with Crippen molar-refractivity contribution in [2.75, 3.05) is 26.8 Å². The predicted octanol–water partition coefficient (Wildman–Crippen LogP) is 1.81. The van der Waals surface area contributed by atoms with Crippen molar-refractivity contribution >= 4 is 18.3 Å². The van der Waals surface area contributed by atoms with Crippen molar-refractivity contribution < 1.29 is 9.53 Å². The Kier molecular flexibility index (Phi) is 7.83. The molecule has 1 aliphatic heterocycles. The summed E-state index contributed by atoms with van der Waals surface area (Å²) in [6, 6.07) is 0. The molecule has 0 aromatic rings. The fourth-order valence-corrected chi connectivity index (χ4v) is 2.48. The van der Waals surface area contributed by atoms with Crippen LogP contribution in [0.5, 0.6) is 0 Å². The Morgan fingerprint density at radius 3 is 2.72 bits per heavy atom. The quantitative estimate of drug-likeness (QED) is 0.834. The molecule has 2 atom stereocenters. The normalized spacial score (nSPS) is 22.8. The lowest BCUT2D eigenvalue weighted by Gasteiger charge is -2.32. The molecule has 0 aromatic heterocycles. The summed E-state index contributed by atoms with van der Waals surface area (Å²) in [4.78, 5) is 14.0. The van der Waals surface area contributed by atoms with Crippen molar-refractivity contribution in [1.29, 1.82) is 0 Å². The first-order valence-electron chi connectivity index (χ1n) is 6.59. The van der Waals surface area contributed by atoms with Crippen LogP contribution in [0.1, 0.15) is 39.5 Å². The minimum Gasteiger partial charge on any atom is -0.381 e. The van der Waals surface area contributed by atoms with Gasteiger partial charge in [-0.3, -0.25) is 4.79 Å². The zero-order valence-electron chi connectivity index (χ0n) is 11.8. The highest BCUT2D eigenvalue weighted by Gasteiger charge is 2.31. The van der Waals surface area contributed by atoms with Crippen LogP contribution in [0.3, 0.4) is 0 Å². The Hall–Kier alpha value is -0.320. The molecule has 0 saturated carbocycles. The minimum atomic E-state index is -0.723. The lowest BCUT2D eigenvalue weighted by molar-refractivity contribution is -0.136. The van der Waals surface area contributed by atoms with Crippen LogP contribution >= 0.6 is 12.4 Å². The first kappa shape index (κ1) is 17.7. The van der Waals surface area contributed by atoms with Gasteiger partial charge in [0.25, 0.3) is 0 Å². The van der Waals surface area contributed by atoms with Gasteiger partial charge in [-0.25, -0.2) is 0 Å². The molecule has 2 N–H and O–H groups in total. The summed E-state index contributed by atoms with van der Waals surface area (Å²) in [6.07, 6.45) is 3.91. The second kappa shape index (κ2) is 7.97. The fraction of sp³-hybridized carbons (Fsp3) is 0.923. The number of hydrogen-bond donors (Lipinski definition) is 1. The van der Waals surface area contributed by atoms with Gasteiger partial charge in [0.1, 0.15) is 0 Å². The van der Waals surface area contributed by atoms with Crippen molar-refractivity contribution in [3.63, 3.8) is 0 Å². The fourth-order valence-electron chi connectivity index (χ4n) is 2.48. The maximum Gasteiger partial charge on any atom is 0.242 e. The van der Waals surface area contributed by atoms with E-state index in [9.17, 15) is 4.79 Å². The molecule has 0 aliphatic carbocycles. The molecule has 4 nitrogen and oxygen atoms in total. The van der Waals surface area contributed by atoms with Crippen molar-refractivity contribution in [3.8, 4) is 0 Å². The van der Waals surface area contributed by atoms with Gasteiger partial charge < -0.3 is 15.4 Å². The summed E-state index contributed by atoms with van der Waals surface area (Å²) in [6.45, 7) is 6.26. The van der Waals surface area contributed by atoms with E-state index in [0.717, 1.165) is 45.4 Å². The zero-order chi connectivity index (χ0) is 12.9. The summed E-state index contributed by atoms with van der Waals surface area (Å²) in [5.74, 6) is 0.514. The Balaban J connectivity index is 0.00000289. The van der Waals surface area contributed by atoms with Crippen LogP contribution in [0.15, 0.2) is 0 Å². The van der Waals surface area contributed by atoms with E-state index in [2.05, 4.69) is 0 Å². The first-order valence-corrected chi connectivity index (χ1v) is 6.59. The lowest BCUT2D eigenvalue weighted by Crippen LogP contribution is -2.53. The van der Waals surface area contributed by atoms with Crippen molar-refractivity contribution in [2.24, 2.45) is 11.7 Å². The van der Waals surface area contributed by atoms with Gasteiger partial charge in [0.05, 0.1) is 12.1 Å². The maximum absolute atomic E-state index is 12.2. The molecule has 0 aromatic carbocycles. The van der Waals surface area contributed by atoms with E-state index in [0.29, 0.717) is 5.92 Å². The number of nitrogens with zero attached hydrogens (tertiary/aromatic N) is 1. The summed E-state index contributed by atoms with van der Waals surface area (Å²) in [7, 11) is 1.84. The van der Waals surface area contributed by atoms with Crippen LogP contribution in [-0.2, 0) is 9.53 Å². The van der Waals surface area contributed by atoms with Crippen LogP contribution in [0.4, 0.5) is 0 Å². The molecule has 1 amide bonds.